The van der Waals surface area contributed by atoms with Gasteiger partial charge in [-0.3, -0.25) is 4.79 Å². The van der Waals surface area contributed by atoms with Crippen LogP contribution in [0.3, 0.4) is 0 Å². The molecule has 2 aliphatic rings. The van der Waals surface area contributed by atoms with Gasteiger partial charge in [-0.2, -0.15) is 0 Å². The molecule has 2 aromatic rings. The Bertz CT molecular complexity index is 814. The molecule has 0 amide bonds. The van der Waals surface area contributed by atoms with E-state index in [0.29, 0.717) is 13.0 Å². The first kappa shape index (κ1) is 18.4. The number of benzene rings is 1. The Morgan fingerprint density at radius 2 is 2.07 bits per heavy atom. The van der Waals surface area contributed by atoms with Crippen LogP contribution in [0.15, 0.2) is 36.5 Å². The maximum atomic E-state index is 12.7. The molecule has 4 rings (SSSR count). The quantitative estimate of drug-likeness (QED) is 0.728. The van der Waals surface area contributed by atoms with Crippen molar-refractivity contribution in [1.82, 2.24) is 9.97 Å². The third kappa shape index (κ3) is 3.85. The first-order valence-electron chi connectivity index (χ1n) is 9.63. The summed E-state index contributed by atoms with van der Waals surface area (Å²) in [5, 5.41) is 0.234. The highest BCUT2D eigenvalue weighted by molar-refractivity contribution is 6.28. The van der Waals surface area contributed by atoms with Gasteiger partial charge in [0.1, 0.15) is 5.82 Å². The predicted molar refractivity (Wildman–Crippen MR) is 105 cm³/mol. The topological polar surface area (TPSA) is 55.3 Å². The summed E-state index contributed by atoms with van der Waals surface area (Å²) in [7, 11) is 0. The first-order chi connectivity index (χ1) is 13.2. The summed E-state index contributed by atoms with van der Waals surface area (Å²) in [5.41, 5.74) is 2.06. The van der Waals surface area contributed by atoms with E-state index in [9.17, 15) is 4.79 Å². The largest absolute Gasteiger partial charge is 0.373 e. The molecule has 0 spiro atoms. The number of Topliss-reactive ketones (excluding diaryl/α,β-unsaturated/α-hetero) is 1. The first-order valence-corrected chi connectivity index (χ1v) is 10.0. The molecule has 0 radical (unpaired) electrons. The van der Waals surface area contributed by atoms with E-state index < -0.39 is 0 Å². The zero-order chi connectivity index (χ0) is 18.8. The van der Waals surface area contributed by atoms with Crippen LogP contribution in [0.25, 0.3) is 0 Å². The molecule has 0 N–H and O–H groups in total. The number of ether oxygens (including phenoxy) is 1. The number of nitrogens with zero attached hydrogens (tertiary/aromatic N) is 3. The lowest BCUT2D eigenvalue weighted by atomic mass is 9.94. The van der Waals surface area contributed by atoms with Crippen molar-refractivity contribution >= 4 is 23.2 Å². The third-order valence-electron chi connectivity index (χ3n) is 5.59. The van der Waals surface area contributed by atoms with E-state index in [1.54, 1.807) is 6.20 Å². The molecule has 0 saturated heterocycles. The summed E-state index contributed by atoms with van der Waals surface area (Å²) in [6.45, 7) is 2.68. The van der Waals surface area contributed by atoms with Crippen molar-refractivity contribution in [3.63, 3.8) is 0 Å². The Morgan fingerprint density at radius 1 is 1.26 bits per heavy atom. The van der Waals surface area contributed by atoms with Crippen LogP contribution < -0.4 is 4.90 Å². The van der Waals surface area contributed by atoms with Crippen LogP contribution in [0.5, 0.6) is 0 Å². The Labute approximate surface area is 164 Å². The average molecular weight is 386 g/mol. The Kier molecular flexibility index (Phi) is 5.41. The smallest absolute Gasteiger partial charge is 0.224 e. The molecular formula is C21H24ClN3O2. The summed E-state index contributed by atoms with van der Waals surface area (Å²) in [5.74, 6) is 1.07. The second-order valence-electron chi connectivity index (χ2n) is 7.35. The van der Waals surface area contributed by atoms with Crippen molar-refractivity contribution in [3.05, 3.63) is 52.9 Å². The number of anilines is 1. The summed E-state index contributed by atoms with van der Waals surface area (Å²) in [6.07, 6.45) is 5.94. The summed E-state index contributed by atoms with van der Waals surface area (Å²) in [4.78, 5) is 23.4. The van der Waals surface area contributed by atoms with Gasteiger partial charge in [0.05, 0.1) is 18.8 Å². The maximum Gasteiger partial charge on any atom is 0.224 e. The molecule has 1 aromatic carbocycles. The molecule has 1 aromatic heterocycles. The van der Waals surface area contributed by atoms with Crippen molar-refractivity contribution in [2.45, 2.75) is 63.8 Å². The summed E-state index contributed by atoms with van der Waals surface area (Å²) in [6, 6.07) is 10.3. The van der Waals surface area contributed by atoms with Crippen LogP contribution in [-0.4, -0.2) is 33.9 Å². The SMILES string of the molecule is CC[C@@H]1C(=O)Cc2cnc(Cl)nc2N1C1CCC(OCc2ccccc2)C1. The highest BCUT2D eigenvalue weighted by Crippen LogP contribution is 2.37. The van der Waals surface area contributed by atoms with E-state index in [4.69, 9.17) is 16.3 Å². The molecular weight excluding hydrogens is 362 g/mol. The van der Waals surface area contributed by atoms with Gasteiger partial charge in [-0.15, -0.1) is 0 Å². The molecule has 1 saturated carbocycles. The number of ketones is 1. The van der Waals surface area contributed by atoms with Crippen LogP contribution in [-0.2, 0) is 22.6 Å². The van der Waals surface area contributed by atoms with Gasteiger partial charge in [0.15, 0.2) is 5.78 Å². The van der Waals surface area contributed by atoms with Crippen molar-refractivity contribution < 1.29 is 9.53 Å². The second-order valence-corrected chi connectivity index (χ2v) is 7.69. The van der Waals surface area contributed by atoms with Gasteiger partial charge < -0.3 is 9.64 Å². The van der Waals surface area contributed by atoms with Crippen molar-refractivity contribution in [1.29, 1.82) is 0 Å². The van der Waals surface area contributed by atoms with Crippen LogP contribution in [0, 0.1) is 0 Å². The lowest BCUT2D eigenvalue weighted by Crippen LogP contribution is -2.51. The van der Waals surface area contributed by atoms with Gasteiger partial charge in [0, 0.05) is 24.2 Å². The van der Waals surface area contributed by atoms with Gasteiger partial charge in [-0.05, 0) is 42.8 Å². The molecule has 2 heterocycles. The number of hydrogen-bond donors (Lipinski definition) is 0. The molecule has 0 bridgehead atoms. The number of carbonyl (C=O) groups is 1. The van der Waals surface area contributed by atoms with Crippen LogP contribution >= 0.6 is 11.6 Å². The number of carbonyl (C=O) groups excluding carboxylic acids is 1. The van der Waals surface area contributed by atoms with Gasteiger partial charge in [-0.1, -0.05) is 37.3 Å². The minimum absolute atomic E-state index is 0.138. The van der Waals surface area contributed by atoms with Crippen LogP contribution in [0.4, 0.5) is 5.82 Å². The van der Waals surface area contributed by atoms with E-state index in [1.165, 1.54) is 5.56 Å². The van der Waals surface area contributed by atoms with Crippen LogP contribution in [0.1, 0.15) is 43.7 Å². The molecule has 1 aliphatic heterocycles. The Morgan fingerprint density at radius 3 is 2.85 bits per heavy atom. The van der Waals surface area contributed by atoms with Gasteiger partial charge in [0.25, 0.3) is 0 Å². The second kappa shape index (κ2) is 7.95. The lowest BCUT2D eigenvalue weighted by molar-refractivity contribution is -0.120. The molecule has 27 heavy (non-hydrogen) atoms. The van der Waals surface area contributed by atoms with Crippen molar-refractivity contribution in [3.8, 4) is 0 Å². The molecule has 1 fully saturated rings. The maximum absolute atomic E-state index is 12.7. The van der Waals surface area contributed by atoms with E-state index in [1.807, 2.05) is 18.2 Å². The fourth-order valence-electron chi connectivity index (χ4n) is 4.30. The third-order valence-corrected chi connectivity index (χ3v) is 5.78. The zero-order valence-corrected chi connectivity index (χ0v) is 16.2. The van der Waals surface area contributed by atoms with Gasteiger partial charge in [0.2, 0.25) is 5.28 Å². The average Bonchev–Trinajstić information content (AvgIpc) is 3.15. The highest BCUT2D eigenvalue weighted by atomic mass is 35.5. The van der Waals surface area contributed by atoms with Crippen LogP contribution in [0.2, 0.25) is 5.28 Å². The zero-order valence-electron chi connectivity index (χ0n) is 15.5. The van der Waals surface area contributed by atoms with Crippen molar-refractivity contribution in [2.24, 2.45) is 0 Å². The Balaban J connectivity index is 1.50. The summed E-state index contributed by atoms with van der Waals surface area (Å²) < 4.78 is 6.15. The molecule has 2 unspecified atom stereocenters. The van der Waals surface area contributed by atoms with Crippen molar-refractivity contribution in [2.75, 3.05) is 4.90 Å². The van der Waals surface area contributed by atoms with Gasteiger partial charge in [-0.25, -0.2) is 9.97 Å². The Hall–Kier alpha value is -1.98. The monoisotopic (exact) mass is 385 g/mol. The minimum atomic E-state index is -0.138. The number of rotatable bonds is 5. The lowest BCUT2D eigenvalue weighted by Gasteiger charge is -2.40. The molecule has 6 heteroatoms. The fraction of sp³-hybridized carbons (Fsp3) is 0.476. The fourth-order valence-corrected chi connectivity index (χ4v) is 4.42. The molecule has 5 nitrogen and oxygen atoms in total. The number of fused-ring (bicyclic) bond motifs is 1. The predicted octanol–water partition coefficient (Wildman–Crippen LogP) is 3.98. The van der Waals surface area contributed by atoms with E-state index >= 15 is 0 Å². The minimum Gasteiger partial charge on any atom is -0.373 e. The summed E-state index contributed by atoms with van der Waals surface area (Å²) >= 11 is 6.06. The number of halogens is 1. The van der Waals surface area contributed by atoms with Gasteiger partial charge >= 0.3 is 0 Å². The van der Waals surface area contributed by atoms with E-state index in [2.05, 4.69) is 33.9 Å². The number of aromatic nitrogens is 2. The molecule has 142 valence electrons. The molecule has 3 atom stereocenters. The van der Waals surface area contributed by atoms with E-state index in [-0.39, 0.29) is 29.3 Å². The highest BCUT2D eigenvalue weighted by Gasteiger charge is 2.40. The normalized spacial score (nSPS) is 24.9. The number of hydrogen-bond acceptors (Lipinski definition) is 5. The van der Waals surface area contributed by atoms with E-state index in [0.717, 1.165) is 37.1 Å². The molecule has 1 aliphatic carbocycles. The standard InChI is InChI=1S/C21H24ClN3O2/c1-2-18-19(26)10-15-12-23-21(22)24-20(15)25(18)16-8-9-17(11-16)27-13-14-6-4-3-5-7-14/h3-7,12,16-18H,2,8-11,13H2,1H3/t16?,17?,18-/m1/s1.